The molecule has 92 valence electrons. The molecule has 2 aromatic heterocycles. The van der Waals surface area contributed by atoms with E-state index < -0.39 is 6.04 Å². The highest BCUT2D eigenvalue weighted by atomic mass is 16.3. The number of aliphatic hydroxyl groups excluding tert-OH is 1. The van der Waals surface area contributed by atoms with E-state index >= 15 is 0 Å². The number of benzene rings is 1. The van der Waals surface area contributed by atoms with E-state index in [1.807, 2.05) is 18.2 Å². The summed E-state index contributed by atoms with van der Waals surface area (Å²) >= 11 is 0. The second-order valence-electron chi connectivity index (χ2n) is 4.01. The number of aromatic amines is 1. The van der Waals surface area contributed by atoms with Crippen LogP contribution in [0.15, 0.2) is 35.2 Å². The fourth-order valence-electron chi connectivity index (χ4n) is 1.78. The van der Waals surface area contributed by atoms with Gasteiger partial charge in [0.25, 0.3) is 0 Å². The third-order valence-corrected chi connectivity index (χ3v) is 2.79. The predicted molar refractivity (Wildman–Crippen MR) is 65.6 cm³/mol. The summed E-state index contributed by atoms with van der Waals surface area (Å²) in [6.07, 6.45) is 3.09. The molecule has 6 nitrogen and oxygen atoms in total. The molecule has 0 radical (unpaired) electrons. The average Bonchev–Trinajstić information content (AvgIpc) is 3.05. The van der Waals surface area contributed by atoms with Gasteiger partial charge in [-0.25, -0.2) is 9.97 Å². The van der Waals surface area contributed by atoms with Crippen LogP contribution < -0.4 is 5.73 Å². The maximum atomic E-state index is 8.97. The van der Waals surface area contributed by atoms with Gasteiger partial charge in [-0.3, -0.25) is 0 Å². The van der Waals surface area contributed by atoms with Gasteiger partial charge in [-0.1, -0.05) is 6.07 Å². The third kappa shape index (κ3) is 1.77. The molecular weight excluding hydrogens is 232 g/mol. The predicted octanol–water partition coefficient (Wildman–Crippen LogP) is 1.21. The Bertz CT molecular complexity index is 673. The Labute approximate surface area is 102 Å². The van der Waals surface area contributed by atoms with Crippen LogP contribution in [0, 0.1) is 0 Å². The number of fused-ring (bicyclic) bond motifs is 1. The first kappa shape index (κ1) is 10.9. The van der Waals surface area contributed by atoms with Crippen LogP contribution in [-0.4, -0.2) is 26.7 Å². The Kier molecular flexibility index (Phi) is 2.58. The van der Waals surface area contributed by atoms with E-state index in [2.05, 4.69) is 15.0 Å². The van der Waals surface area contributed by atoms with Crippen molar-refractivity contribution in [3.63, 3.8) is 0 Å². The molecule has 0 aliphatic heterocycles. The molecule has 0 saturated heterocycles. The summed E-state index contributed by atoms with van der Waals surface area (Å²) in [6, 6.07) is 5.19. The summed E-state index contributed by atoms with van der Waals surface area (Å²) in [5.74, 6) is 0.560. The number of nitrogens with zero attached hydrogens (tertiary/aromatic N) is 2. The summed E-state index contributed by atoms with van der Waals surface area (Å²) < 4.78 is 5.25. The first-order chi connectivity index (χ1) is 8.78. The minimum Gasteiger partial charge on any atom is -0.443 e. The maximum Gasteiger partial charge on any atom is 0.181 e. The molecule has 1 atom stereocenters. The summed E-state index contributed by atoms with van der Waals surface area (Å²) in [7, 11) is 0. The molecule has 1 unspecified atom stereocenters. The molecule has 6 heteroatoms. The lowest BCUT2D eigenvalue weighted by molar-refractivity contribution is 0.264. The Hall–Kier alpha value is -2.18. The Morgan fingerprint density at radius 2 is 2.28 bits per heavy atom. The molecule has 0 aliphatic carbocycles. The van der Waals surface area contributed by atoms with Crippen molar-refractivity contribution in [1.29, 1.82) is 0 Å². The smallest absolute Gasteiger partial charge is 0.181 e. The van der Waals surface area contributed by atoms with Gasteiger partial charge in [-0.2, -0.15) is 0 Å². The van der Waals surface area contributed by atoms with Crippen LogP contribution in [0.2, 0.25) is 0 Å². The van der Waals surface area contributed by atoms with Gasteiger partial charge in [-0.05, 0) is 12.1 Å². The molecule has 0 amide bonds. The van der Waals surface area contributed by atoms with Gasteiger partial charge in [0.15, 0.2) is 12.0 Å². The van der Waals surface area contributed by atoms with Gasteiger partial charge < -0.3 is 20.2 Å². The number of hydrogen-bond acceptors (Lipinski definition) is 5. The number of nitrogens with two attached hydrogens (primary N) is 1. The molecule has 0 aliphatic rings. The van der Waals surface area contributed by atoms with Crippen molar-refractivity contribution in [3.8, 4) is 11.3 Å². The first-order valence-electron chi connectivity index (χ1n) is 5.53. The Morgan fingerprint density at radius 3 is 3.11 bits per heavy atom. The highest BCUT2D eigenvalue weighted by molar-refractivity contribution is 5.78. The zero-order chi connectivity index (χ0) is 12.5. The van der Waals surface area contributed by atoms with E-state index in [0.717, 1.165) is 22.4 Å². The molecule has 3 aromatic rings. The maximum absolute atomic E-state index is 8.97. The van der Waals surface area contributed by atoms with Gasteiger partial charge in [0.1, 0.15) is 11.3 Å². The Morgan fingerprint density at radius 1 is 1.39 bits per heavy atom. The van der Waals surface area contributed by atoms with Crippen LogP contribution >= 0.6 is 0 Å². The van der Waals surface area contributed by atoms with Gasteiger partial charge in [-0.15, -0.1) is 0 Å². The van der Waals surface area contributed by atoms with Gasteiger partial charge in [0, 0.05) is 5.56 Å². The highest BCUT2D eigenvalue weighted by Gasteiger charge is 2.10. The summed E-state index contributed by atoms with van der Waals surface area (Å²) in [6.45, 7) is -0.145. The lowest BCUT2D eigenvalue weighted by Crippen LogP contribution is -2.15. The number of aliphatic hydroxyl groups is 1. The minimum atomic E-state index is -0.493. The van der Waals surface area contributed by atoms with E-state index in [1.54, 1.807) is 6.20 Å². The molecule has 3 rings (SSSR count). The zero-order valence-electron chi connectivity index (χ0n) is 9.50. The van der Waals surface area contributed by atoms with E-state index in [-0.39, 0.29) is 6.61 Å². The SMILES string of the molecule is NC(CO)c1ncc(-c2ccc3ncoc3c2)[nH]1. The van der Waals surface area contributed by atoms with Crippen LogP contribution in [0.4, 0.5) is 0 Å². The molecule has 18 heavy (non-hydrogen) atoms. The van der Waals surface area contributed by atoms with Crippen molar-refractivity contribution >= 4 is 11.1 Å². The summed E-state index contributed by atoms with van der Waals surface area (Å²) in [4.78, 5) is 11.3. The zero-order valence-corrected chi connectivity index (χ0v) is 9.50. The quantitative estimate of drug-likeness (QED) is 0.642. The third-order valence-electron chi connectivity index (χ3n) is 2.79. The number of aromatic nitrogens is 3. The van der Waals surface area contributed by atoms with Gasteiger partial charge in [0.2, 0.25) is 0 Å². The Balaban J connectivity index is 2.00. The molecular formula is C12H12N4O2. The number of imidazole rings is 1. The number of rotatable bonds is 3. The molecule has 0 spiro atoms. The number of H-pyrrole nitrogens is 1. The monoisotopic (exact) mass is 244 g/mol. The lowest BCUT2D eigenvalue weighted by atomic mass is 10.1. The normalized spacial score (nSPS) is 13.0. The van der Waals surface area contributed by atoms with Crippen LogP contribution in [0.25, 0.3) is 22.4 Å². The van der Waals surface area contributed by atoms with E-state index in [0.29, 0.717) is 5.82 Å². The van der Waals surface area contributed by atoms with Crippen molar-refractivity contribution in [2.24, 2.45) is 5.73 Å². The molecule has 0 saturated carbocycles. The molecule has 0 bridgehead atoms. The lowest BCUT2D eigenvalue weighted by Gasteiger charge is -2.03. The van der Waals surface area contributed by atoms with Crippen LogP contribution in [0.5, 0.6) is 0 Å². The molecule has 2 heterocycles. The van der Waals surface area contributed by atoms with Crippen molar-refractivity contribution in [3.05, 3.63) is 36.6 Å². The van der Waals surface area contributed by atoms with Gasteiger partial charge >= 0.3 is 0 Å². The summed E-state index contributed by atoms with van der Waals surface area (Å²) in [5.41, 5.74) is 8.98. The van der Waals surface area contributed by atoms with Crippen molar-refractivity contribution in [2.75, 3.05) is 6.61 Å². The fourth-order valence-corrected chi connectivity index (χ4v) is 1.78. The minimum absolute atomic E-state index is 0.145. The van der Waals surface area contributed by atoms with E-state index in [9.17, 15) is 0 Å². The summed E-state index contributed by atoms with van der Waals surface area (Å²) in [5, 5.41) is 8.97. The standard InChI is InChI=1S/C12H12N4O2/c13-8(5-17)12-14-4-10(16-12)7-1-2-9-11(3-7)18-6-15-9/h1-4,6,8,17H,5,13H2,(H,14,16). The van der Waals surface area contributed by atoms with Crippen LogP contribution in [-0.2, 0) is 0 Å². The number of hydrogen-bond donors (Lipinski definition) is 3. The highest BCUT2D eigenvalue weighted by Crippen LogP contribution is 2.23. The molecule has 0 fully saturated rings. The first-order valence-corrected chi connectivity index (χ1v) is 5.53. The van der Waals surface area contributed by atoms with Crippen LogP contribution in [0.1, 0.15) is 11.9 Å². The van der Waals surface area contributed by atoms with Crippen molar-refractivity contribution in [1.82, 2.24) is 15.0 Å². The second kappa shape index (κ2) is 4.25. The van der Waals surface area contributed by atoms with E-state index in [1.165, 1.54) is 6.39 Å². The largest absolute Gasteiger partial charge is 0.443 e. The van der Waals surface area contributed by atoms with Crippen LogP contribution in [0.3, 0.4) is 0 Å². The second-order valence-corrected chi connectivity index (χ2v) is 4.01. The van der Waals surface area contributed by atoms with E-state index in [4.69, 9.17) is 15.3 Å². The fraction of sp³-hybridized carbons (Fsp3) is 0.167. The number of oxazole rings is 1. The molecule has 4 N–H and O–H groups in total. The molecule has 1 aromatic carbocycles. The average molecular weight is 244 g/mol. The number of nitrogens with one attached hydrogen (secondary N) is 1. The van der Waals surface area contributed by atoms with Crippen molar-refractivity contribution < 1.29 is 9.52 Å². The van der Waals surface area contributed by atoms with Gasteiger partial charge in [0.05, 0.1) is 24.5 Å². The van der Waals surface area contributed by atoms with Crippen molar-refractivity contribution in [2.45, 2.75) is 6.04 Å². The topological polar surface area (TPSA) is 101 Å².